The fourth-order valence-corrected chi connectivity index (χ4v) is 2.02. The van der Waals surface area contributed by atoms with E-state index in [2.05, 4.69) is 65.6 Å². The molecule has 0 aliphatic heterocycles. The van der Waals surface area contributed by atoms with Crippen molar-refractivity contribution in [3.63, 3.8) is 0 Å². The normalized spacial score (nSPS) is 11.3. The van der Waals surface area contributed by atoms with E-state index in [1.54, 1.807) is 6.20 Å². The van der Waals surface area contributed by atoms with E-state index in [-0.39, 0.29) is 5.41 Å². The molecule has 2 aromatic rings. The lowest BCUT2D eigenvalue weighted by Crippen LogP contribution is -2.10. The van der Waals surface area contributed by atoms with Crippen LogP contribution >= 0.6 is 0 Å². The molecule has 0 fully saturated rings. The number of hydrogen-bond acceptors (Lipinski definition) is 5. The van der Waals surface area contributed by atoms with Crippen molar-refractivity contribution in [3.05, 3.63) is 36.0 Å². The van der Waals surface area contributed by atoms with E-state index in [0.29, 0.717) is 5.95 Å². The van der Waals surface area contributed by atoms with E-state index in [1.807, 2.05) is 12.1 Å². The predicted molar refractivity (Wildman–Crippen MR) is 91.6 cm³/mol. The molecule has 5 nitrogen and oxygen atoms in total. The van der Waals surface area contributed by atoms with Crippen LogP contribution in [0.4, 0.5) is 17.5 Å². The van der Waals surface area contributed by atoms with Crippen LogP contribution in [0.25, 0.3) is 0 Å². The summed E-state index contributed by atoms with van der Waals surface area (Å²) in [5.41, 5.74) is 2.41. The lowest BCUT2D eigenvalue weighted by atomic mass is 9.87. The second-order valence-corrected chi connectivity index (χ2v) is 6.40. The molecule has 1 aromatic carbocycles. The topological polar surface area (TPSA) is 62.7 Å². The highest BCUT2D eigenvalue weighted by Crippen LogP contribution is 2.24. The number of benzene rings is 1. The van der Waals surface area contributed by atoms with Crippen LogP contribution in [-0.2, 0) is 5.41 Å². The molecule has 0 aliphatic rings. The summed E-state index contributed by atoms with van der Waals surface area (Å²) in [6.07, 6.45) is 3.90. The Morgan fingerprint density at radius 3 is 2.45 bits per heavy atom. The van der Waals surface area contributed by atoms with Crippen LogP contribution in [0.2, 0.25) is 0 Å². The molecule has 0 amide bonds. The van der Waals surface area contributed by atoms with Crippen LogP contribution in [0.15, 0.2) is 30.5 Å². The third-order valence-corrected chi connectivity index (χ3v) is 3.40. The second-order valence-electron chi connectivity index (χ2n) is 6.40. The zero-order valence-electron chi connectivity index (χ0n) is 13.8. The van der Waals surface area contributed by atoms with E-state index in [4.69, 9.17) is 0 Å². The average molecular weight is 299 g/mol. The Morgan fingerprint density at radius 2 is 1.82 bits per heavy atom. The number of nitrogens with one attached hydrogen (secondary N) is 2. The molecule has 0 bridgehead atoms. The summed E-state index contributed by atoms with van der Waals surface area (Å²) in [5.74, 6) is 1.25. The Kier molecular flexibility index (Phi) is 5.31. The first-order valence-electron chi connectivity index (χ1n) is 7.80. The highest BCUT2D eigenvalue weighted by Gasteiger charge is 2.12. The minimum Gasteiger partial charge on any atom is -0.369 e. The van der Waals surface area contributed by atoms with Crippen LogP contribution in [-0.4, -0.2) is 21.7 Å². The number of nitrogens with zero attached hydrogens (tertiary/aromatic N) is 3. The first-order chi connectivity index (χ1) is 10.5. The maximum atomic E-state index is 4.42. The van der Waals surface area contributed by atoms with Gasteiger partial charge in [0, 0.05) is 12.2 Å². The van der Waals surface area contributed by atoms with Gasteiger partial charge in [-0.3, -0.25) is 0 Å². The average Bonchev–Trinajstić information content (AvgIpc) is 2.48. The lowest BCUT2D eigenvalue weighted by molar-refractivity contribution is 0.590. The molecule has 118 valence electrons. The summed E-state index contributed by atoms with van der Waals surface area (Å²) < 4.78 is 0. The summed E-state index contributed by atoms with van der Waals surface area (Å²) in [6.45, 7) is 9.67. The molecule has 0 atom stereocenters. The van der Waals surface area contributed by atoms with Crippen molar-refractivity contribution in [2.75, 3.05) is 17.2 Å². The molecule has 5 heteroatoms. The summed E-state index contributed by atoms with van der Waals surface area (Å²) in [7, 11) is 0. The largest absolute Gasteiger partial charge is 0.369 e. The molecule has 2 rings (SSSR count). The molecule has 0 unspecified atom stereocenters. The van der Waals surface area contributed by atoms with Crippen molar-refractivity contribution in [2.24, 2.45) is 0 Å². The molecule has 0 radical (unpaired) electrons. The van der Waals surface area contributed by atoms with Crippen molar-refractivity contribution in [2.45, 2.75) is 46.0 Å². The van der Waals surface area contributed by atoms with Gasteiger partial charge in [-0.15, -0.1) is 5.10 Å². The lowest BCUT2D eigenvalue weighted by Gasteiger charge is -2.19. The molecule has 0 spiro atoms. The van der Waals surface area contributed by atoms with Crippen LogP contribution in [0.3, 0.4) is 0 Å². The van der Waals surface area contributed by atoms with Crippen LogP contribution in [0.1, 0.15) is 46.1 Å². The summed E-state index contributed by atoms with van der Waals surface area (Å²) in [5, 5.41) is 14.4. The van der Waals surface area contributed by atoms with Crippen molar-refractivity contribution >= 4 is 17.5 Å². The fraction of sp³-hybridized carbons (Fsp3) is 0.471. The third kappa shape index (κ3) is 4.69. The van der Waals surface area contributed by atoms with Crippen LogP contribution < -0.4 is 10.6 Å². The third-order valence-electron chi connectivity index (χ3n) is 3.40. The van der Waals surface area contributed by atoms with Gasteiger partial charge >= 0.3 is 0 Å². The first-order valence-corrected chi connectivity index (χ1v) is 7.80. The molecule has 0 saturated carbocycles. The van der Waals surface area contributed by atoms with Crippen LogP contribution in [0.5, 0.6) is 0 Å². The Bertz CT molecular complexity index is 587. The van der Waals surface area contributed by atoms with E-state index < -0.39 is 0 Å². The Morgan fingerprint density at radius 1 is 1.09 bits per heavy atom. The minimum atomic E-state index is 0.152. The second kappa shape index (κ2) is 7.20. The summed E-state index contributed by atoms with van der Waals surface area (Å²) in [4.78, 5) is 4.42. The summed E-state index contributed by atoms with van der Waals surface area (Å²) >= 11 is 0. The molecule has 1 aromatic heterocycles. The predicted octanol–water partition coefficient (Wildman–Crippen LogP) is 4.12. The molecule has 0 aliphatic carbocycles. The molecule has 22 heavy (non-hydrogen) atoms. The van der Waals surface area contributed by atoms with Gasteiger partial charge in [-0.05, 0) is 29.5 Å². The Balaban J connectivity index is 2.02. The molecule has 0 saturated heterocycles. The zero-order chi connectivity index (χ0) is 16.0. The molecule has 1 heterocycles. The van der Waals surface area contributed by atoms with E-state index >= 15 is 0 Å². The van der Waals surface area contributed by atoms with Gasteiger partial charge in [-0.1, -0.05) is 46.2 Å². The van der Waals surface area contributed by atoms with E-state index in [1.165, 1.54) is 5.56 Å². The Hall–Kier alpha value is -2.17. The van der Waals surface area contributed by atoms with Gasteiger partial charge in [0.2, 0.25) is 5.95 Å². The fourth-order valence-electron chi connectivity index (χ4n) is 2.02. The minimum absolute atomic E-state index is 0.152. The van der Waals surface area contributed by atoms with Gasteiger partial charge in [0.25, 0.3) is 0 Å². The Labute approximate surface area is 132 Å². The quantitative estimate of drug-likeness (QED) is 0.785. The first kappa shape index (κ1) is 16.2. The van der Waals surface area contributed by atoms with Crippen molar-refractivity contribution < 1.29 is 0 Å². The van der Waals surface area contributed by atoms with Gasteiger partial charge in [-0.25, -0.2) is 0 Å². The van der Waals surface area contributed by atoms with Crippen molar-refractivity contribution in [1.82, 2.24) is 15.2 Å². The van der Waals surface area contributed by atoms with E-state index in [0.717, 1.165) is 30.9 Å². The number of hydrogen-bond donors (Lipinski definition) is 2. The van der Waals surface area contributed by atoms with Gasteiger partial charge in [-0.2, -0.15) is 10.1 Å². The standard InChI is InChI=1S/C17H25N5/c1-5-6-11-18-15-12-19-22-16(21-15)20-14-9-7-13(8-10-14)17(2,3)4/h7-10,12H,5-6,11H2,1-4H3,(H2,18,20,21,22). The highest BCUT2D eigenvalue weighted by atomic mass is 15.3. The van der Waals surface area contributed by atoms with E-state index in [9.17, 15) is 0 Å². The van der Waals surface area contributed by atoms with Crippen LogP contribution in [0, 0.1) is 0 Å². The molecular weight excluding hydrogens is 274 g/mol. The smallest absolute Gasteiger partial charge is 0.249 e. The van der Waals surface area contributed by atoms with Gasteiger partial charge in [0.1, 0.15) is 0 Å². The van der Waals surface area contributed by atoms with Gasteiger partial charge in [0.05, 0.1) is 6.20 Å². The number of unbranched alkanes of at least 4 members (excludes halogenated alkanes) is 1. The highest BCUT2D eigenvalue weighted by molar-refractivity contribution is 5.54. The SMILES string of the molecule is CCCCNc1cnnc(Nc2ccc(C(C)(C)C)cc2)n1. The molecular formula is C17H25N5. The number of aromatic nitrogens is 3. The van der Waals surface area contributed by atoms with Gasteiger partial charge < -0.3 is 10.6 Å². The number of anilines is 3. The van der Waals surface area contributed by atoms with Gasteiger partial charge in [0.15, 0.2) is 5.82 Å². The molecule has 2 N–H and O–H groups in total. The maximum absolute atomic E-state index is 4.42. The maximum Gasteiger partial charge on any atom is 0.249 e. The zero-order valence-corrected chi connectivity index (χ0v) is 13.8. The number of rotatable bonds is 6. The van der Waals surface area contributed by atoms with Crippen molar-refractivity contribution in [3.8, 4) is 0 Å². The van der Waals surface area contributed by atoms with Crippen molar-refractivity contribution in [1.29, 1.82) is 0 Å². The summed E-state index contributed by atoms with van der Waals surface area (Å²) in [6, 6.07) is 8.33. The monoisotopic (exact) mass is 299 g/mol.